The van der Waals surface area contributed by atoms with Crippen LogP contribution in [-0.4, -0.2) is 12.6 Å². The number of alkyl halides is 1. The Morgan fingerprint density at radius 3 is 2.41 bits per heavy atom. The predicted octanol–water partition coefficient (Wildman–Crippen LogP) is 3.07. The van der Waals surface area contributed by atoms with E-state index in [1.54, 1.807) is 0 Å². The first-order valence-corrected chi connectivity index (χ1v) is 4.89. The number of benzene rings is 1. The van der Waals surface area contributed by atoms with Gasteiger partial charge in [0.25, 0.3) is 0 Å². The summed E-state index contributed by atoms with van der Waals surface area (Å²) in [6.45, 7) is 1.59. The van der Waals surface area contributed by atoms with Crippen LogP contribution in [0.25, 0.3) is 0 Å². The normalized spacial score (nSPS) is 12.3. The Labute approximate surface area is 95.2 Å². The number of carbonyl (C=O) groups is 1. The van der Waals surface area contributed by atoms with E-state index in [0.717, 1.165) is 0 Å². The van der Waals surface area contributed by atoms with Crippen LogP contribution in [0.1, 0.15) is 25.1 Å². The predicted molar refractivity (Wildman–Crippen MR) is 51.4 cm³/mol. The van der Waals surface area contributed by atoms with Crippen molar-refractivity contribution in [1.29, 1.82) is 0 Å². The molecule has 6 heteroatoms. The average Bonchev–Trinajstić information content (AvgIpc) is 2.23. The van der Waals surface area contributed by atoms with E-state index >= 15 is 0 Å². The molecule has 0 fully saturated rings. The maximum atomic E-state index is 13.5. The Kier molecular flexibility index (Phi) is 4.48. The molecule has 0 aliphatic carbocycles. The van der Waals surface area contributed by atoms with Crippen molar-refractivity contribution in [3.8, 4) is 0 Å². The zero-order valence-corrected chi connectivity index (χ0v) is 8.97. The number of esters is 1. The van der Waals surface area contributed by atoms with Crippen molar-refractivity contribution in [2.24, 2.45) is 0 Å². The van der Waals surface area contributed by atoms with Crippen LogP contribution in [0.2, 0.25) is 0 Å². The number of rotatable bonds is 4. The van der Waals surface area contributed by atoms with Gasteiger partial charge >= 0.3 is 5.97 Å². The van der Waals surface area contributed by atoms with Gasteiger partial charge < -0.3 is 4.74 Å². The van der Waals surface area contributed by atoms with Crippen molar-refractivity contribution in [3.05, 3.63) is 35.1 Å². The Hall–Kier alpha value is -1.59. The number of hydrogen-bond acceptors (Lipinski definition) is 2. The van der Waals surface area contributed by atoms with Crippen molar-refractivity contribution in [3.63, 3.8) is 0 Å². The topological polar surface area (TPSA) is 26.3 Å². The van der Waals surface area contributed by atoms with Gasteiger partial charge in [-0.05, 0) is 13.0 Å². The average molecular weight is 250 g/mol. The van der Waals surface area contributed by atoms with Gasteiger partial charge in [-0.3, -0.25) is 4.79 Å². The van der Waals surface area contributed by atoms with Crippen molar-refractivity contribution < 1.29 is 27.1 Å². The second kappa shape index (κ2) is 5.65. The molecule has 0 aliphatic heterocycles. The van der Waals surface area contributed by atoms with Gasteiger partial charge in [-0.15, -0.1) is 0 Å². The first-order valence-electron chi connectivity index (χ1n) is 4.89. The second-order valence-electron chi connectivity index (χ2n) is 3.26. The summed E-state index contributed by atoms with van der Waals surface area (Å²) in [5.74, 6) is -4.88. The van der Waals surface area contributed by atoms with E-state index in [0.29, 0.717) is 6.07 Å². The first-order chi connectivity index (χ1) is 7.95. The Morgan fingerprint density at radius 2 is 1.82 bits per heavy atom. The molecule has 0 N–H and O–H groups in total. The van der Waals surface area contributed by atoms with Gasteiger partial charge in [0.2, 0.25) is 0 Å². The monoisotopic (exact) mass is 250 g/mol. The van der Waals surface area contributed by atoms with Gasteiger partial charge in [-0.1, -0.05) is 0 Å². The second-order valence-corrected chi connectivity index (χ2v) is 3.26. The maximum Gasteiger partial charge on any atom is 0.309 e. The van der Waals surface area contributed by atoms with Crippen LogP contribution in [0.15, 0.2) is 12.1 Å². The molecule has 1 atom stereocenters. The molecule has 1 aromatic rings. The van der Waals surface area contributed by atoms with E-state index in [4.69, 9.17) is 0 Å². The van der Waals surface area contributed by atoms with Crippen LogP contribution in [0.4, 0.5) is 17.6 Å². The van der Waals surface area contributed by atoms with Gasteiger partial charge in [0.15, 0.2) is 11.6 Å². The summed E-state index contributed by atoms with van der Waals surface area (Å²) >= 11 is 0. The molecular formula is C11H10F4O2. The fraction of sp³-hybridized carbons (Fsp3) is 0.364. The van der Waals surface area contributed by atoms with Crippen LogP contribution in [0.5, 0.6) is 0 Å². The number of ether oxygens (including phenoxy) is 1. The van der Waals surface area contributed by atoms with E-state index in [9.17, 15) is 22.4 Å². The zero-order valence-electron chi connectivity index (χ0n) is 8.97. The van der Waals surface area contributed by atoms with Gasteiger partial charge in [-0.2, -0.15) is 0 Å². The summed E-state index contributed by atoms with van der Waals surface area (Å²) in [6.07, 6.45) is -2.81. The lowest BCUT2D eigenvalue weighted by molar-refractivity contribution is -0.144. The highest BCUT2D eigenvalue weighted by Crippen LogP contribution is 2.26. The minimum absolute atomic E-state index is 0.0613. The van der Waals surface area contributed by atoms with Gasteiger partial charge in [0.1, 0.15) is 12.0 Å². The minimum Gasteiger partial charge on any atom is -0.466 e. The van der Waals surface area contributed by atoms with Crippen molar-refractivity contribution in [2.45, 2.75) is 19.5 Å². The third-order valence-electron chi connectivity index (χ3n) is 2.03. The molecule has 1 unspecified atom stereocenters. The molecule has 1 rings (SSSR count). The molecule has 0 aromatic heterocycles. The summed E-state index contributed by atoms with van der Waals surface area (Å²) in [6, 6.07) is 0.636. The molecule has 0 amide bonds. The molecule has 1 aromatic carbocycles. The third kappa shape index (κ3) is 3.44. The van der Waals surface area contributed by atoms with Crippen molar-refractivity contribution in [2.75, 3.05) is 6.61 Å². The van der Waals surface area contributed by atoms with Crippen molar-refractivity contribution >= 4 is 5.97 Å². The lowest BCUT2D eigenvalue weighted by Gasteiger charge is -2.09. The smallest absolute Gasteiger partial charge is 0.309 e. The fourth-order valence-electron chi connectivity index (χ4n) is 1.25. The zero-order chi connectivity index (χ0) is 13.0. The lowest BCUT2D eigenvalue weighted by Crippen LogP contribution is -2.09. The largest absolute Gasteiger partial charge is 0.466 e. The molecule has 0 saturated heterocycles. The standard InChI is InChI=1S/C11H10F4O2/c1-2-17-11(16)5-8(13)6-3-9(14)10(15)4-7(6)12/h3-4,8H,2,5H2,1H3. The van der Waals surface area contributed by atoms with E-state index in [2.05, 4.69) is 4.74 Å². The summed E-state index contributed by atoms with van der Waals surface area (Å²) < 4.78 is 56.4. The SMILES string of the molecule is CCOC(=O)CC(F)c1cc(F)c(F)cc1F. The van der Waals surface area contributed by atoms with Crippen molar-refractivity contribution in [1.82, 2.24) is 0 Å². The van der Waals surface area contributed by atoms with E-state index in [1.165, 1.54) is 6.92 Å². The molecule has 94 valence electrons. The molecular weight excluding hydrogens is 240 g/mol. The van der Waals surface area contributed by atoms with Crippen LogP contribution >= 0.6 is 0 Å². The Balaban J connectivity index is 2.85. The lowest BCUT2D eigenvalue weighted by atomic mass is 10.1. The van der Waals surface area contributed by atoms with Crippen LogP contribution in [-0.2, 0) is 9.53 Å². The van der Waals surface area contributed by atoms with Crippen LogP contribution < -0.4 is 0 Å². The summed E-state index contributed by atoms with van der Waals surface area (Å²) in [4.78, 5) is 10.9. The molecule has 0 radical (unpaired) electrons. The first kappa shape index (κ1) is 13.5. The summed E-state index contributed by atoms with van der Waals surface area (Å²) in [5.41, 5.74) is -0.697. The summed E-state index contributed by atoms with van der Waals surface area (Å²) in [5, 5.41) is 0. The highest BCUT2D eigenvalue weighted by molar-refractivity contribution is 5.70. The number of hydrogen-bond donors (Lipinski definition) is 0. The van der Waals surface area contributed by atoms with E-state index < -0.39 is 41.6 Å². The Bertz CT molecular complexity index is 420. The third-order valence-corrected chi connectivity index (χ3v) is 2.03. The van der Waals surface area contributed by atoms with Gasteiger partial charge in [0.05, 0.1) is 13.0 Å². The Morgan fingerprint density at radius 1 is 1.24 bits per heavy atom. The molecule has 0 bridgehead atoms. The van der Waals surface area contributed by atoms with Crippen LogP contribution in [0.3, 0.4) is 0 Å². The van der Waals surface area contributed by atoms with Gasteiger partial charge in [0, 0.05) is 11.6 Å². The molecule has 0 spiro atoms. The summed E-state index contributed by atoms with van der Waals surface area (Å²) in [7, 11) is 0. The molecule has 2 nitrogen and oxygen atoms in total. The maximum absolute atomic E-state index is 13.5. The molecule has 17 heavy (non-hydrogen) atoms. The highest BCUT2D eigenvalue weighted by atomic mass is 19.2. The van der Waals surface area contributed by atoms with E-state index in [-0.39, 0.29) is 12.7 Å². The molecule has 0 heterocycles. The van der Waals surface area contributed by atoms with E-state index in [1.807, 2.05) is 0 Å². The van der Waals surface area contributed by atoms with Gasteiger partial charge in [-0.25, -0.2) is 17.6 Å². The minimum atomic E-state index is -2.07. The molecule has 0 aliphatic rings. The van der Waals surface area contributed by atoms with Crippen LogP contribution in [0, 0.1) is 17.5 Å². The number of carbonyl (C=O) groups excluding carboxylic acids is 1. The highest BCUT2D eigenvalue weighted by Gasteiger charge is 2.21. The number of halogens is 4. The molecule has 0 saturated carbocycles. The fourth-order valence-corrected chi connectivity index (χ4v) is 1.25. The quantitative estimate of drug-likeness (QED) is 0.466.